The van der Waals surface area contributed by atoms with Crippen LogP contribution in [0.15, 0.2) is 88.7 Å². The van der Waals surface area contributed by atoms with E-state index in [9.17, 15) is 4.79 Å². The third kappa shape index (κ3) is 3.87. The van der Waals surface area contributed by atoms with Gasteiger partial charge in [0.25, 0.3) is 0 Å². The van der Waals surface area contributed by atoms with E-state index < -0.39 is 0 Å². The Balaban J connectivity index is 1.71. The predicted molar refractivity (Wildman–Crippen MR) is 101 cm³/mol. The molecule has 3 aromatic rings. The summed E-state index contributed by atoms with van der Waals surface area (Å²) in [6.45, 7) is 0. The first-order valence-corrected chi connectivity index (χ1v) is 8.60. The SMILES string of the molecule is CN(C)c1ccc(Sc2ccc(C(=O)c3ccccc3)cc2)cc1. The van der Waals surface area contributed by atoms with E-state index in [0.29, 0.717) is 5.56 Å². The largest absolute Gasteiger partial charge is 0.378 e. The summed E-state index contributed by atoms with van der Waals surface area (Å²) in [7, 11) is 4.06. The molecule has 2 nitrogen and oxygen atoms in total. The zero-order valence-corrected chi connectivity index (χ0v) is 14.6. The maximum atomic E-state index is 12.4. The zero-order valence-electron chi connectivity index (χ0n) is 13.8. The molecule has 0 bridgehead atoms. The van der Waals surface area contributed by atoms with Crippen LogP contribution in [0.25, 0.3) is 0 Å². The molecule has 0 aliphatic carbocycles. The third-order valence-corrected chi connectivity index (χ3v) is 4.76. The molecule has 0 heterocycles. The summed E-state index contributed by atoms with van der Waals surface area (Å²) in [4.78, 5) is 16.8. The van der Waals surface area contributed by atoms with Gasteiger partial charge in [0.05, 0.1) is 0 Å². The van der Waals surface area contributed by atoms with Crippen LogP contribution in [0.4, 0.5) is 5.69 Å². The lowest BCUT2D eigenvalue weighted by molar-refractivity contribution is 0.103. The highest BCUT2D eigenvalue weighted by Crippen LogP contribution is 2.29. The van der Waals surface area contributed by atoms with E-state index in [4.69, 9.17) is 0 Å². The number of carbonyl (C=O) groups is 1. The molecule has 24 heavy (non-hydrogen) atoms. The monoisotopic (exact) mass is 333 g/mol. The van der Waals surface area contributed by atoms with Gasteiger partial charge in [-0.15, -0.1) is 0 Å². The van der Waals surface area contributed by atoms with Crippen molar-refractivity contribution in [3.63, 3.8) is 0 Å². The smallest absolute Gasteiger partial charge is 0.193 e. The van der Waals surface area contributed by atoms with Gasteiger partial charge in [0.2, 0.25) is 0 Å². The highest BCUT2D eigenvalue weighted by atomic mass is 32.2. The fraction of sp³-hybridized carbons (Fsp3) is 0.0952. The van der Waals surface area contributed by atoms with E-state index in [1.165, 1.54) is 10.6 Å². The summed E-state index contributed by atoms with van der Waals surface area (Å²) >= 11 is 1.69. The second-order valence-corrected chi connectivity index (χ2v) is 6.86. The number of rotatable bonds is 5. The highest BCUT2D eigenvalue weighted by molar-refractivity contribution is 7.99. The molecule has 120 valence electrons. The molecule has 0 aliphatic rings. The van der Waals surface area contributed by atoms with Gasteiger partial charge in [-0.1, -0.05) is 42.1 Å². The van der Waals surface area contributed by atoms with Gasteiger partial charge in [0.1, 0.15) is 0 Å². The van der Waals surface area contributed by atoms with Crippen molar-refractivity contribution in [3.8, 4) is 0 Å². The van der Waals surface area contributed by atoms with Gasteiger partial charge in [-0.2, -0.15) is 0 Å². The number of hydrogen-bond donors (Lipinski definition) is 0. The fourth-order valence-corrected chi connectivity index (χ4v) is 3.20. The van der Waals surface area contributed by atoms with Crippen LogP contribution < -0.4 is 4.90 Å². The standard InChI is InChI=1S/C21H19NOS/c1-22(2)18-10-14-20(15-11-18)24-19-12-8-17(9-13-19)21(23)16-6-4-3-5-7-16/h3-15H,1-2H3. The fourth-order valence-electron chi connectivity index (χ4n) is 2.38. The van der Waals surface area contributed by atoms with Crippen LogP contribution in [0.1, 0.15) is 15.9 Å². The van der Waals surface area contributed by atoms with E-state index >= 15 is 0 Å². The predicted octanol–water partition coefficient (Wildman–Crippen LogP) is 5.13. The van der Waals surface area contributed by atoms with Crippen LogP contribution in [-0.2, 0) is 0 Å². The highest BCUT2D eigenvalue weighted by Gasteiger charge is 2.08. The van der Waals surface area contributed by atoms with Crippen molar-refractivity contribution in [2.45, 2.75) is 9.79 Å². The summed E-state index contributed by atoms with van der Waals surface area (Å²) in [6, 6.07) is 25.6. The van der Waals surface area contributed by atoms with Gasteiger partial charge in [-0.3, -0.25) is 4.79 Å². The normalized spacial score (nSPS) is 10.4. The average Bonchev–Trinajstić information content (AvgIpc) is 2.63. The molecule has 3 aromatic carbocycles. The molecule has 0 fully saturated rings. The maximum Gasteiger partial charge on any atom is 0.193 e. The van der Waals surface area contributed by atoms with Crippen molar-refractivity contribution >= 4 is 23.2 Å². The molecule has 0 N–H and O–H groups in total. The topological polar surface area (TPSA) is 20.3 Å². The summed E-state index contributed by atoms with van der Waals surface area (Å²) in [5.41, 5.74) is 2.62. The summed E-state index contributed by atoms with van der Waals surface area (Å²) in [6.07, 6.45) is 0. The zero-order chi connectivity index (χ0) is 16.9. The molecule has 0 atom stereocenters. The minimum absolute atomic E-state index is 0.0579. The lowest BCUT2D eigenvalue weighted by Crippen LogP contribution is -2.07. The molecule has 0 amide bonds. The Hall–Kier alpha value is -2.52. The van der Waals surface area contributed by atoms with Gasteiger partial charge < -0.3 is 4.90 Å². The van der Waals surface area contributed by atoms with Gasteiger partial charge in [-0.05, 0) is 48.5 Å². The molecule has 0 radical (unpaired) electrons. The number of anilines is 1. The van der Waals surface area contributed by atoms with Crippen molar-refractivity contribution in [2.24, 2.45) is 0 Å². The molecule has 0 aliphatic heterocycles. The van der Waals surface area contributed by atoms with Crippen LogP contribution in [-0.4, -0.2) is 19.9 Å². The molecule has 0 unspecified atom stereocenters. The van der Waals surface area contributed by atoms with E-state index in [-0.39, 0.29) is 5.78 Å². The Morgan fingerprint density at radius 2 is 1.21 bits per heavy atom. The van der Waals surface area contributed by atoms with Crippen LogP contribution in [0, 0.1) is 0 Å². The number of nitrogens with zero attached hydrogens (tertiary/aromatic N) is 1. The second-order valence-electron chi connectivity index (χ2n) is 5.71. The minimum atomic E-state index is 0.0579. The van der Waals surface area contributed by atoms with E-state index in [0.717, 1.165) is 10.5 Å². The summed E-state index contributed by atoms with van der Waals surface area (Å²) < 4.78 is 0. The molecule has 3 rings (SSSR count). The molecule has 0 saturated heterocycles. The first kappa shape index (κ1) is 16.3. The number of ketones is 1. The van der Waals surface area contributed by atoms with Crippen molar-refractivity contribution in [2.75, 3.05) is 19.0 Å². The van der Waals surface area contributed by atoms with Gasteiger partial charge in [0.15, 0.2) is 5.78 Å². The Morgan fingerprint density at radius 3 is 1.75 bits per heavy atom. The van der Waals surface area contributed by atoms with Crippen LogP contribution in [0.3, 0.4) is 0 Å². The first-order chi connectivity index (χ1) is 11.6. The average molecular weight is 333 g/mol. The number of carbonyl (C=O) groups excluding carboxylic acids is 1. The molecule has 0 saturated carbocycles. The van der Waals surface area contributed by atoms with Crippen molar-refractivity contribution in [1.82, 2.24) is 0 Å². The van der Waals surface area contributed by atoms with Crippen molar-refractivity contribution in [1.29, 1.82) is 0 Å². The number of hydrogen-bond acceptors (Lipinski definition) is 3. The molecule has 3 heteroatoms. The maximum absolute atomic E-state index is 12.4. The van der Waals surface area contributed by atoms with Crippen molar-refractivity contribution < 1.29 is 4.79 Å². The lowest BCUT2D eigenvalue weighted by Gasteiger charge is -2.12. The molecule has 0 aromatic heterocycles. The Bertz CT molecular complexity index is 809. The molecular formula is C21H19NOS. The summed E-state index contributed by atoms with van der Waals surface area (Å²) in [5, 5.41) is 0. The second kappa shape index (κ2) is 7.37. The van der Waals surface area contributed by atoms with Gasteiger partial charge in [0, 0.05) is 40.7 Å². The quantitative estimate of drug-likeness (QED) is 0.603. The van der Waals surface area contributed by atoms with Gasteiger partial charge >= 0.3 is 0 Å². The van der Waals surface area contributed by atoms with Crippen LogP contribution in [0.5, 0.6) is 0 Å². The summed E-state index contributed by atoms with van der Waals surface area (Å²) in [5.74, 6) is 0.0579. The van der Waals surface area contributed by atoms with Crippen LogP contribution in [0.2, 0.25) is 0 Å². The third-order valence-electron chi connectivity index (χ3n) is 3.74. The first-order valence-electron chi connectivity index (χ1n) is 7.78. The lowest BCUT2D eigenvalue weighted by atomic mass is 10.0. The Kier molecular flexibility index (Phi) is 5.02. The Labute approximate surface area is 147 Å². The molecular weight excluding hydrogens is 314 g/mol. The van der Waals surface area contributed by atoms with Gasteiger partial charge in [-0.25, -0.2) is 0 Å². The molecule has 0 spiro atoms. The van der Waals surface area contributed by atoms with E-state index in [1.807, 2.05) is 68.7 Å². The van der Waals surface area contributed by atoms with Crippen LogP contribution >= 0.6 is 11.8 Å². The minimum Gasteiger partial charge on any atom is -0.378 e. The Morgan fingerprint density at radius 1 is 0.708 bits per heavy atom. The van der Waals surface area contributed by atoms with E-state index in [2.05, 4.69) is 29.2 Å². The van der Waals surface area contributed by atoms with Crippen molar-refractivity contribution in [3.05, 3.63) is 90.0 Å². The number of benzene rings is 3. The van der Waals surface area contributed by atoms with E-state index in [1.54, 1.807) is 11.8 Å².